The number of nitrogens with zero attached hydrogens (tertiary/aromatic N) is 2. The number of hydrogen-bond acceptors (Lipinski definition) is 5. The highest BCUT2D eigenvalue weighted by Gasteiger charge is 2.14. The molecule has 0 spiro atoms. The number of carbonyl (C=O) groups excluding carboxylic acids is 1. The van der Waals surface area contributed by atoms with Crippen LogP contribution < -0.4 is 14.8 Å². The zero-order chi connectivity index (χ0) is 24.5. The number of halogens is 2. The van der Waals surface area contributed by atoms with Gasteiger partial charge in [-0.1, -0.05) is 24.3 Å². The fraction of sp³-hybridized carbons (Fsp3) is 0.115. The average molecular weight is 628 g/mol. The third kappa shape index (κ3) is 6.60. The zero-order valence-corrected chi connectivity index (χ0v) is 21.9. The SMILES string of the molecule is CCOc1cccc(NC(=O)/C(C#N)=C\c2cc(Br)c(OCc3ccccc3C#N)c(I)c2)c1. The van der Waals surface area contributed by atoms with Crippen LogP contribution in [0.2, 0.25) is 0 Å². The van der Waals surface area contributed by atoms with Crippen molar-refractivity contribution in [3.8, 4) is 23.6 Å². The Morgan fingerprint density at radius 3 is 2.62 bits per heavy atom. The Morgan fingerprint density at radius 1 is 1.12 bits per heavy atom. The molecule has 0 saturated heterocycles. The standard InChI is InChI=1S/C26H19BrIN3O3/c1-2-33-22-9-5-8-21(13-22)31-26(32)20(15-30)10-17-11-23(27)25(24(28)12-17)34-16-19-7-4-3-6-18(19)14-29/h3-13H,2,16H2,1H3,(H,31,32)/b20-10-. The van der Waals surface area contributed by atoms with Gasteiger partial charge in [-0.15, -0.1) is 0 Å². The molecule has 0 atom stereocenters. The maximum atomic E-state index is 12.7. The van der Waals surface area contributed by atoms with E-state index in [1.165, 1.54) is 6.08 Å². The number of nitrogens with one attached hydrogen (secondary N) is 1. The number of nitriles is 2. The quantitative estimate of drug-likeness (QED) is 0.176. The number of hydrogen-bond donors (Lipinski definition) is 1. The first-order valence-corrected chi connectivity index (χ1v) is 12.1. The van der Waals surface area contributed by atoms with Gasteiger partial charge in [-0.2, -0.15) is 10.5 Å². The molecule has 8 heteroatoms. The van der Waals surface area contributed by atoms with E-state index in [0.29, 0.717) is 39.4 Å². The van der Waals surface area contributed by atoms with E-state index in [1.54, 1.807) is 36.4 Å². The fourth-order valence-corrected chi connectivity index (χ4v) is 4.82. The predicted molar refractivity (Wildman–Crippen MR) is 142 cm³/mol. The van der Waals surface area contributed by atoms with Gasteiger partial charge in [0.1, 0.15) is 29.7 Å². The second-order valence-electron chi connectivity index (χ2n) is 6.96. The van der Waals surface area contributed by atoms with Crippen LogP contribution in [0.3, 0.4) is 0 Å². The molecule has 0 radical (unpaired) electrons. The molecule has 6 nitrogen and oxygen atoms in total. The monoisotopic (exact) mass is 627 g/mol. The summed E-state index contributed by atoms with van der Waals surface area (Å²) < 4.78 is 12.9. The smallest absolute Gasteiger partial charge is 0.266 e. The van der Waals surface area contributed by atoms with Gasteiger partial charge in [0.25, 0.3) is 5.91 Å². The molecule has 0 bridgehead atoms. The van der Waals surface area contributed by atoms with Crippen molar-refractivity contribution in [1.82, 2.24) is 0 Å². The minimum atomic E-state index is -0.518. The summed E-state index contributed by atoms with van der Waals surface area (Å²) in [7, 11) is 0. The molecule has 0 aromatic heterocycles. The van der Waals surface area contributed by atoms with Gasteiger partial charge >= 0.3 is 0 Å². The molecule has 0 saturated carbocycles. The van der Waals surface area contributed by atoms with Crippen molar-refractivity contribution in [3.63, 3.8) is 0 Å². The van der Waals surface area contributed by atoms with Crippen molar-refractivity contribution in [1.29, 1.82) is 10.5 Å². The van der Waals surface area contributed by atoms with Crippen LogP contribution in [0.4, 0.5) is 5.69 Å². The van der Waals surface area contributed by atoms with Gasteiger partial charge in [0.2, 0.25) is 0 Å². The van der Waals surface area contributed by atoms with E-state index in [-0.39, 0.29) is 12.2 Å². The maximum Gasteiger partial charge on any atom is 0.266 e. The molecule has 0 aliphatic rings. The molecule has 3 aromatic rings. The fourth-order valence-electron chi connectivity index (χ4n) is 3.05. The lowest BCUT2D eigenvalue weighted by molar-refractivity contribution is -0.112. The lowest BCUT2D eigenvalue weighted by Crippen LogP contribution is -2.13. The van der Waals surface area contributed by atoms with Gasteiger partial charge < -0.3 is 14.8 Å². The molecule has 1 N–H and O–H groups in total. The van der Waals surface area contributed by atoms with Gasteiger partial charge in [0.05, 0.1) is 26.3 Å². The van der Waals surface area contributed by atoms with E-state index >= 15 is 0 Å². The number of amides is 1. The Kier molecular flexibility index (Phi) is 9.08. The van der Waals surface area contributed by atoms with E-state index in [1.807, 2.05) is 37.3 Å². The molecule has 170 valence electrons. The largest absolute Gasteiger partial charge is 0.494 e. The van der Waals surface area contributed by atoms with Gasteiger partial charge in [-0.3, -0.25) is 4.79 Å². The summed E-state index contributed by atoms with van der Waals surface area (Å²) >= 11 is 5.64. The van der Waals surface area contributed by atoms with Gasteiger partial charge in [-0.25, -0.2) is 0 Å². The van der Waals surface area contributed by atoms with Crippen molar-refractivity contribution in [2.24, 2.45) is 0 Å². The predicted octanol–water partition coefficient (Wildman–Crippen LogP) is 6.45. The molecule has 0 heterocycles. The summed E-state index contributed by atoms with van der Waals surface area (Å²) in [6.45, 7) is 2.63. The molecule has 0 aliphatic carbocycles. The summed E-state index contributed by atoms with van der Waals surface area (Å²) in [5.41, 5.74) is 2.50. The maximum absolute atomic E-state index is 12.7. The summed E-state index contributed by atoms with van der Waals surface area (Å²) in [6.07, 6.45) is 1.52. The zero-order valence-electron chi connectivity index (χ0n) is 18.1. The highest BCUT2D eigenvalue weighted by molar-refractivity contribution is 14.1. The van der Waals surface area contributed by atoms with Crippen LogP contribution in [0, 0.1) is 26.2 Å². The number of benzene rings is 3. The van der Waals surface area contributed by atoms with Crippen molar-refractivity contribution >= 4 is 56.2 Å². The van der Waals surface area contributed by atoms with Crippen molar-refractivity contribution < 1.29 is 14.3 Å². The lowest BCUT2D eigenvalue weighted by Gasteiger charge is -2.12. The number of carbonyl (C=O) groups is 1. The minimum absolute atomic E-state index is 0.0406. The number of rotatable bonds is 8. The Morgan fingerprint density at radius 2 is 1.91 bits per heavy atom. The van der Waals surface area contributed by atoms with E-state index < -0.39 is 5.91 Å². The van der Waals surface area contributed by atoms with Crippen molar-refractivity contribution in [2.45, 2.75) is 13.5 Å². The number of anilines is 1. The van der Waals surface area contributed by atoms with Crippen molar-refractivity contribution in [2.75, 3.05) is 11.9 Å². The van der Waals surface area contributed by atoms with Crippen LogP contribution in [-0.4, -0.2) is 12.5 Å². The lowest BCUT2D eigenvalue weighted by atomic mass is 10.1. The molecular formula is C26H19BrIN3O3. The molecule has 3 rings (SSSR count). The molecule has 1 amide bonds. The summed E-state index contributed by atoms with van der Waals surface area (Å²) in [6, 6.07) is 22.0. The first kappa shape index (κ1) is 25.3. The van der Waals surface area contributed by atoms with E-state index in [9.17, 15) is 15.3 Å². The second-order valence-corrected chi connectivity index (χ2v) is 8.97. The average Bonchev–Trinajstić information content (AvgIpc) is 2.82. The molecule has 0 fully saturated rings. The normalized spacial score (nSPS) is 10.7. The molecular weight excluding hydrogens is 609 g/mol. The first-order chi connectivity index (χ1) is 16.4. The highest BCUT2D eigenvalue weighted by atomic mass is 127. The van der Waals surface area contributed by atoms with Crippen LogP contribution >= 0.6 is 38.5 Å². The van der Waals surface area contributed by atoms with Gasteiger partial charge in [0, 0.05) is 17.3 Å². The molecule has 3 aromatic carbocycles. The Balaban J connectivity index is 1.77. The van der Waals surface area contributed by atoms with Crippen LogP contribution in [0.1, 0.15) is 23.6 Å². The van der Waals surface area contributed by atoms with E-state index in [2.05, 4.69) is 49.9 Å². The third-order valence-electron chi connectivity index (χ3n) is 4.61. The van der Waals surface area contributed by atoms with Crippen LogP contribution in [-0.2, 0) is 11.4 Å². The topological polar surface area (TPSA) is 95.1 Å². The summed E-state index contributed by atoms with van der Waals surface area (Å²) in [5.74, 6) is 0.728. The van der Waals surface area contributed by atoms with E-state index in [0.717, 1.165) is 9.13 Å². The minimum Gasteiger partial charge on any atom is -0.494 e. The van der Waals surface area contributed by atoms with Crippen LogP contribution in [0.25, 0.3) is 6.08 Å². The molecule has 0 aliphatic heterocycles. The van der Waals surface area contributed by atoms with Crippen LogP contribution in [0.5, 0.6) is 11.5 Å². The van der Waals surface area contributed by atoms with Gasteiger partial charge in [-0.05, 0) is 87.4 Å². The Bertz CT molecular complexity index is 1300. The first-order valence-electron chi connectivity index (χ1n) is 10.2. The molecule has 0 unspecified atom stereocenters. The highest BCUT2D eigenvalue weighted by Crippen LogP contribution is 2.33. The number of ether oxygens (including phenoxy) is 2. The summed E-state index contributed by atoms with van der Waals surface area (Å²) in [5, 5.41) is 21.5. The van der Waals surface area contributed by atoms with Crippen LogP contribution in [0.15, 0.2) is 70.7 Å². The molecule has 34 heavy (non-hydrogen) atoms. The summed E-state index contributed by atoms with van der Waals surface area (Å²) in [4.78, 5) is 12.7. The van der Waals surface area contributed by atoms with E-state index in [4.69, 9.17) is 9.47 Å². The Labute approximate surface area is 220 Å². The second kappa shape index (κ2) is 12.2. The van der Waals surface area contributed by atoms with Crippen molar-refractivity contribution in [3.05, 3.63) is 91.0 Å². The van der Waals surface area contributed by atoms with Gasteiger partial charge in [0.15, 0.2) is 0 Å². The third-order valence-corrected chi connectivity index (χ3v) is 6.00. The Hall–Kier alpha value is -3.34.